The SMILES string of the molecule is COc1cc(-c2cn(C)c(=O)c3cnc(N(C)C)cc23)cc(OC)c1CN1CCC2(CCN(c3ccc4c(c3)C(=O)N(C3CCC(=O)NC3=O)C4=O)C2)C1. The molecule has 6 heterocycles. The second-order valence-corrected chi connectivity index (χ2v) is 15.1. The highest BCUT2D eigenvalue weighted by Gasteiger charge is 2.46. The van der Waals surface area contributed by atoms with Crippen LogP contribution in [0.3, 0.4) is 0 Å². The highest BCUT2D eigenvalue weighted by Crippen LogP contribution is 2.44. The number of nitrogens with zero attached hydrogens (tertiary/aromatic N) is 6. The molecule has 8 rings (SSSR count). The van der Waals surface area contributed by atoms with Gasteiger partial charge in [-0.15, -0.1) is 0 Å². The average Bonchev–Trinajstić information content (AvgIpc) is 3.84. The summed E-state index contributed by atoms with van der Waals surface area (Å²) in [6, 6.07) is 10.3. The van der Waals surface area contributed by atoms with Crippen LogP contribution >= 0.6 is 0 Å². The molecule has 0 radical (unpaired) electrons. The first-order chi connectivity index (χ1) is 25.9. The number of fused-ring (bicyclic) bond motifs is 2. The van der Waals surface area contributed by atoms with Crippen molar-refractivity contribution in [1.29, 1.82) is 0 Å². The Kier molecular flexibility index (Phi) is 8.67. The standard InChI is InChI=1S/C40H43N7O7/c1-43(2)34-17-26-28(18-41-34)37(50)44(3)19-29(26)23-14-32(53-4)30(33(15-23)54-5)20-45-12-10-40(21-45)11-13-46(22-40)24-6-7-25-27(16-24)39(52)47(38(25)51)31-8-9-35(48)42-36(31)49/h6-7,14-19,31H,8-13,20-22H2,1-5H3,(H,42,48,49). The van der Waals surface area contributed by atoms with Crippen LogP contribution in [0.2, 0.25) is 0 Å². The number of imide groups is 2. The lowest BCUT2D eigenvalue weighted by molar-refractivity contribution is -0.136. The molecule has 0 saturated carbocycles. The fraction of sp³-hybridized carbons (Fsp3) is 0.400. The second-order valence-electron chi connectivity index (χ2n) is 15.1. The zero-order valence-corrected chi connectivity index (χ0v) is 31.1. The summed E-state index contributed by atoms with van der Waals surface area (Å²) < 4.78 is 13.6. The molecule has 3 fully saturated rings. The van der Waals surface area contributed by atoms with Crippen LogP contribution in [0.1, 0.15) is 52.0 Å². The van der Waals surface area contributed by atoms with Crippen LogP contribution in [0.15, 0.2) is 53.6 Å². The number of aryl methyl sites for hydroxylation is 1. The summed E-state index contributed by atoms with van der Waals surface area (Å²) in [4.78, 5) is 76.1. The van der Waals surface area contributed by atoms with E-state index in [9.17, 15) is 24.0 Å². The van der Waals surface area contributed by atoms with Crippen LogP contribution in [0.25, 0.3) is 21.9 Å². The fourth-order valence-corrected chi connectivity index (χ4v) is 8.65. The van der Waals surface area contributed by atoms with Crippen molar-refractivity contribution in [2.24, 2.45) is 12.5 Å². The lowest BCUT2D eigenvalue weighted by Gasteiger charge is -2.27. The van der Waals surface area contributed by atoms with Crippen LogP contribution in [0, 0.1) is 5.41 Å². The number of nitrogens with one attached hydrogen (secondary N) is 1. The van der Waals surface area contributed by atoms with Crippen molar-refractivity contribution < 1.29 is 28.7 Å². The zero-order valence-electron chi connectivity index (χ0n) is 31.1. The van der Waals surface area contributed by atoms with E-state index in [2.05, 4.69) is 20.1 Å². The molecular formula is C40H43N7O7. The minimum Gasteiger partial charge on any atom is -0.496 e. The Balaban J connectivity index is 1.01. The highest BCUT2D eigenvalue weighted by molar-refractivity contribution is 6.23. The topological polar surface area (TPSA) is 147 Å². The molecule has 2 aromatic carbocycles. The maximum Gasteiger partial charge on any atom is 0.262 e. The molecule has 14 nitrogen and oxygen atoms in total. The molecule has 2 aromatic heterocycles. The molecule has 0 aliphatic carbocycles. The predicted molar refractivity (Wildman–Crippen MR) is 202 cm³/mol. The Morgan fingerprint density at radius 3 is 2.31 bits per heavy atom. The number of aromatic nitrogens is 2. The predicted octanol–water partition coefficient (Wildman–Crippen LogP) is 3.19. The zero-order chi connectivity index (χ0) is 38.1. The molecule has 280 valence electrons. The van der Waals surface area contributed by atoms with Crippen molar-refractivity contribution in [3.8, 4) is 22.6 Å². The number of piperidine rings is 1. The highest BCUT2D eigenvalue weighted by atomic mass is 16.5. The summed E-state index contributed by atoms with van der Waals surface area (Å²) in [5, 5.41) is 3.58. The number of anilines is 2. The van der Waals surface area contributed by atoms with Gasteiger partial charge in [-0.05, 0) is 67.8 Å². The van der Waals surface area contributed by atoms with E-state index in [1.54, 1.807) is 44.2 Å². The number of pyridine rings is 2. The Bertz CT molecular complexity index is 2290. The van der Waals surface area contributed by atoms with Gasteiger partial charge < -0.3 is 23.8 Å². The van der Waals surface area contributed by atoms with Gasteiger partial charge in [0.15, 0.2) is 0 Å². The Morgan fingerprint density at radius 1 is 0.889 bits per heavy atom. The van der Waals surface area contributed by atoms with Crippen LogP contribution < -0.4 is 30.1 Å². The van der Waals surface area contributed by atoms with Gasteiger partial charge in [-0.1, -0.05) is 0 Å². The van der Waals surface area contributed by atoms with Gasteiger partial charge in [0.25, 0.3) is 17.4 Å². The van der Waals surface area contributed by atoms with Gasteiger partial charge in [0.1, 0.15) is 23.4 Å². The maximum absolute atomic E-state index is 13.5. The maximum atomic E-state index is 13.5. The molecule has 2 atom stereocenters. The van der Waals surface area contributed by atoms with Gasteiger partial charge in [-0.2, -0.15) is 0 Å². The minimum absolute atomic E-state index is 0.0456. The summed E-state index contributed by atoms with van der Waals surface area (Å²) >= 11 is 0. The second kappa shape index (κ2) is 13.3. The number of carbonyl (C=O) groups excluding carboxylic acids is 4. The smallest absolute Gasteiger partial charge is 0.262 e. The number of ether oxygens (including phenoxy) is 2. The Hall–Kier alpha value is -5.76. The molecule has 2 unspecified atom stereocenters. The van der Waals surface area contributed by atoms with E-state index >= 15 is 0 Å². The molecule has 14 heteroatoms. The first-order valence-corrected chi connectivity index (χ1v) is 18.2. The molecular weight excluding hydrogens is 690 g/mol. The average molecular weight is 734 g/mol. The van der Waals surface area contributed by atoms with Crippen LogP contribution in [0.5, 0.6) is 11.5 Å². The van der Waals surface area contributed by atoms with Crippen LogP contribution in [-0.2, 0) is 23.2 Å². The van der Waals surface area contributed by atoms with Gasteiger partial charge in [-0.3, -0.25) is 39.1 Å². The normalized spacial score (nSPS) is 21.4. The van der Waals surface area contributed by atoms with Crippen molar-refractivity contribution in [1.82, 2.24) is 24.7 Å². The van der Waals surface area contributed by atoms with Gasteiger partial charge in [0, 0.05) is 88.2 Å². The van der Waals surface area contributed by atoms with Gasteiger partial charge in [0.2, 0.25) is 11.8 Å². The van der Waals surface area contributed by atoms with Crippen molar-refractivity contribution >= 4 is 45.9 Å². The Labute approximate surface area is 312 Å². The van der Waals surface area contributed by atoms with Crippen LogP contribution in [-0.4, -0.2) is 104 Å². The van der Waals surface area contributed by atoms with Gasteiger partial charge in [0.05, 0.1) is 36.3 Å². The van der Waals surface area contributed by atoms with Gasteiger partial charge >= 0.3 is 0 Å². The van der Waals surface area contributed by atoms with E-state index in [1.165, 1.54) is 0 Å². The molecule has 4 aliphatic rings. The molecule has 1 spiro atoms. The number of carbonyl (C=O) groups is 4. The summed E-state index contributed by atoms with van der Waals surface area (Å²) in [7, 11) is 8.89. The third-order valence-corrected chi connectivity index (χ3v) is 11.6. The minimum atomic E-state index is -0.992. The number of amides is 4. The van der Waals surface area contributed by atoms with Crippen molar-refractivity contribution in [3.05, 3.63) is 75.8 Å². The number of hydrogen-bond acceptors (Lipinski definition) is 11. The van der Waals surface area contributed by atoms with Gasteiger partial charge in [-0.25, -0.2) is 4.98 Å². The molecule has 4 aromatic rings. The van der Waals surface area contributed by atoms with E-state index in [0.717, 1.165) is 77.5 Å². The summed E-state index contributed by atoms with van der Waals surface area (Å²) in [6.07, 6.45) is 5.67. The first-order valence-electron chi connectivity index (χ1n) is 18.2. The van der Waals surface area contributed by atoms with E-state index in [1.807, 2.05) is 49.5 Å². The number of methoxy groups -OCH3 is 2. The summed E-state index contributed by atoms with van der Waals surface area (Å²) in [5.74, 6) is 0.130. The molecule has 1 N–H and O–H groups in total. The summed E-state index contributed by atoms with van der Waals surface area (Å²) in [5.41, 5.74) is 4.05. The Morgan fingerprint density at radius 2 is 1.61 bits per heavy atom. The lowest BCUT2D eigenvalue weighted by Crippen LogP contribution is -2.54. The largest absolute Gasteiger partial charge is 0.496 e. The number of rotatable bonds is 8. The molecule has 4 aliphatic heterocycles. The third-order valence-electron chi connectivity index (χ3n) is 11.6. The van der Waals surface area contributed by atoms with E-state index in [4.69, 9.17) is 9.47 Å². The van der Waals surface area contributed by atoms with Crippen molar-refractivity contribution in [2.45, 2.75) is 38.3 Å². The number of benzene rings is 2. The molecule has 0 bridgehead atoms. The number of hydrogen-bond donors (Lipinski definition) is 1. The van der Waals surface area contributed by atoms with E-state index < -0.39 is 29.7 Å². The summed E-state index contributed by atoms with van der Waals surface area (Å²) in [6.45, 7) is 4.01. The lowest BCUT2D eigenvalue weighted by atomic mass is 9.86. The molecule has 54 heavy (non-hydrogen) atoms. The van der Waals surface area contributed by atoms with E-state index in [0.29, 0.717) is 29.0 Å². The van der Waals surface area contributed by atoms with Crippen molar-refractivity contribution in [2.75, 3.05) is 64.3 Å². The van der Waals surface area contributed by atoms with Crippen LogP contribution in [0.4, 0.5) is 11.5 Å². The monoisotopic (exact) mass is 733 g/mol. The molecule has 3 saturated heterocycles. The molecule has 4 amide bonds. The first kappa shape index (κ1) is 35.3. The van der Waals surface area contributed by atoms with E-state index in [-0.39, 0.29) is 29.4 Å². The van der Waals surface area contributed by atoms with Crippen molar-refractivity contribution in [3.63, 3.8) is 0 Å². The fourth-order valence-electron chi connectivity index (χ4n) is 8.65. The number of likely N-dealkylation sites (tertiary alicyclic amines) is 1. The third kappa shape index (κ3) is 5.85. The quantitative estimate of drug-likeness (QED) is 0.267.